The number of aromatic nitrogens is 4. The standard InChI is InChI=1S/C13H12N6O2/c14-11-7-10(17-18-11)12(20)16-8-1-3-9(4-2-8)19-6-5-15-13(19)21/h1-7H,(H,15,21)(H,16,20)(H3,14,17,18). The van der Waals surface area contributed by atoms with Crippen molar-refractivity contribution in [3.05, 3.63) is 58.9 Å². The first-order valence-corrected chi connectivity index (χ1v) is 6.12. The number of imidazole rings is 1. The second-order valence-electron chi connectivity index (χ2n) is 4.34. The van der Waals surface area contributed by atoms with Gasteiger partial charge in [0.2, 0.25) is 0 Å². The molecule has 3 rings (SSSR count). The number of hydrogen-bond acceptors (Lipinski definition) is 4. The Bertz CT molecular complexity index is 827. The van der Waals surface area contributed by atoms with Gasteiger partial charge in [-0.3, -0.25) is 14.5 Å². The Labute approximate surface area is 118 Å². The highest BCUT2D eigenvalue weighted by Crippen LogP contribution is 2.13. The van der Waals surface area contributed by atoms with E-state index >= 15 is 0 Å². The topological polar surface area (TPSA) is 122 Å². The molecule has 0 saturated carbocycles. The number of nitrogens with one attached hydrogen (secondary N) is 3. The van der Waals surface area contributed by atoms with E-state index in [0.29, 0.717) is 11.4 Å². The van der Waals surface area contributed by atoms with Crippen molar-refractivity contribution in [1.82, 2.24) is 19.7 Å². The molecule has 2 aromatic heterocycles. The molecule has 5 N–H and O–H groups in total. The Morgan fingerprint density at radius 3 is 2.62 bits per heavy atom. The first-order valence-electron chi connectivity index (χ1n) is 6.12. The molecule has 8 nitrogen and oxygen atoms in total. The molecule has 106 valence electrons. The van der Waals surface area contributed by atoms with Crippen LogP contribution in [-0.4, -0.2) is 25.7 Å². The van der Waals surface area contributed by atoms with E-state index in [1.54, 1.807) is 36.7 Å². The lowest BCUT2D eigenvalue weighted by Gasteiger charge is -2.05. The third-order valence-electron chi connectivity index (χ3n) is 2.89. The molecule has 0 aliphatic carbocycles. The smallest absolute Gasteiger partial charge is 0.330 e. The zero-order valence-electron chi connectivity index (χ0n) is 10.8. The summed E-state index contributed by atoms with van der Waals surface area (Å²) in [4.78, 5) is 25.9. The monoisotopic (exact) mass is 284 g/mol. The van der Waals surface area contributed by atoms with E-state index in [1.807, 2.05) is 0 Å². The van der Waals surface area contributed by atoms with Crippen LogP contribution in [0.2, 0.25) is 0 Å². The minimum atomic E-state index is -0.342. The largest absolute Gasteiger partial charge is 0.382 e. The van der Waals surface area contributed by atoms with Gasteiger partial charge >= 0.3 is 5.69 Å². The summed E-state index contributed by atoms with van der Waals surface area (Å²) in [7, 11) is 0. The molecule has 0 radical (unpaired) electrons. The molecule has 0 atom stereocenters. The second-order valence-corrected chi connectivity index (χ2v) is 4.34. The molecule has 0 fully saturated rings. The van der Waals surface area contributed by atoms with Crippen LogP contribution in [-0.2, 0) is 0 Å². The summed E-state index contributed by atoms with van der Waals surface area (Å²) in [5.41, 5.74) is 6.79. The maximum absolute atomic E-state index is 11.9. The van der Waals surface area contributed by atoms with E-state index in [1.165, 1.54) is 10.6 Å². The number of H-pyrrole nitrogens is 2. The number of carbonyl (C=O) groups excluding carboxylic acids is 1. The molecular formula is C13H12N6O2. The van der Waals surface area contributed by atoms with Crippen LogP contribution in [0.5, 0.6) is 0 Å². The van der Waals surface area contributed by atoms with Gasteiger partial charge in [-0.25, -0.2) is 4.79 Å². The molecule has 1 aromatic carbocycles. The minimum absolute atomic E-state index is 0.222. The number of nitrogens with two attached hydrogens (primary N) is 1. The van der Waals surface area contributed by atoms with Crippen molar-refractivity contribution in [3.8, 4) is 5.69 Å². The molecule has 8 heteroatoms. The molecule has 3 aromatic rings. The normalized spacial score (nSPS) is 10.5. The quantitative estimate of drug-likeness (QED) is 0.566. The van der Waals surface area contributed by atoms with E-state index in [9.17, 15) is 9.59 Å². The third kappa shape index (κ3) is 2.54. The fourth-order valence-electron chi connectivity index (χ4n) is 1.88. The molecule has 0 aliphatic heterocycles. The average Bonchev–Trinajstić information content (AvgIpc) is 3.08. The van der Waals surface area contributed by atoms with Crippen LogP contribution in [0.25, 0.3) is 5.69 Å². The molecule has 1 amide bonds. The summed E-state index contributed by atoms with van der Waals surface area (Å²) < 4.78 is 1.46. The van der Waals surface area contributed by atoms with Gasteiger partial charge < -0.3 is 16.0 Å². The number of nitrogens with zero attached hydrogens (tertiary/aromatic N) is 2. The maximum atomic E-state index is 11.9. The zero-order valence-corrected chi connectivity index (χ0v) is 10.8. The van der Waals surface area contributed by atoms with Crippen molar-refractivity contribution < 1.29 is 4.79 Å². The third-order valence-corrected chi connectivity index (χ3v) is 2.89. The summed E-state index contributed by atoms with van der Waals surface area (Å²) in [5, 5.41) is 8.92. The Hall–Kier alpha value is -3.29. The molecular weight excluding hydrogens is 272 g/mol. The number of anilines is 2. The lowest BCUT2D eigenvalue weighted by atomic mass is 10.2. The molecule has 0 bridgehead atoms. The molecule has 0 saturated heterocycles. The summed E-state index contributed by atoms with van der Waals surface area (Å²) in [6, 6.07) is 8.31. The van der Waals surface area contributed by atoms with Gasteiger partial charge in [0.1, 0.15) is 11.5 Å². The average molecular weight is 284 g/mol. The van der Waals surface area contributed by atoms with Crippen LogP contribution in [0.3, 0.4) is 0 Å². The van der Waals surface area contributed by atoms with Gasteiger partial charge in [0.05, 0.1) is 5.69 Å². The first-order chi connectivity index (χ1) is 10.1. The number of hydrogen-bond donors (Lipinski definition) is 4. The SMILES string of the molecule is Nc1cc(C(=O)Nc2ccc(-n3cc[nH]c3=O)cc2)[nH]n1. The number of benzene rings is 1. The van der Waals surface area contributed by atoms with Crippen molar-refractivity contribution >= 4 is 17.4 Å². The fourth-order valence-corrected chi connectivity index (χ4v) is 1.88. The Balaban J connectivity index is 1.77. The zero-order chi connectivity index (χ0) is 14.8. The number of aromatic amines is 2. The Morgan fingerprint density at radius 2 is 2.05 bits per heavy atom. The first kappa shape index (κ1) is 12.7. The van der Waals surface area contributed by atoms with Crippen LogP contribution in [0.1, 0.15) is 10.5 Å². The van der Waals surface area contributed by atoms with E-state index in [-0.39, 0.29) is 23.1 Å². The summed E-state index contributed by atoms with van der Waals surface area (Å²) in [5.74, 6) is -0.0897. The number of carbonyl (C=O) groups is 1. The van der Waals surface area contributed by atoms with Gasteiger partial charge in [-0.05, 0) is 24.3 Å². The van der Waals surface area contributed by atoms with Crippen molar-refractivity contribution in [3.63, 3.8) is 0 Å². The number of nitrogen functional groups attached to an aromatic ring is 1. The van der Waals surface area contributed by atoms with Crippen molar-refractivity contribution in [2.24, 2.45) is 0 Å². The van der Waals surface area contributed by atoms with Crippen molar-refractivity contribution in [2.75, 3.05) is 11.1 Å². The van der Waals surface area contributed by atoms with Crippen molar-refractivity contribution in [1.29, 1.82) is 0 Å². The Morgan fingerprint density at radius 1 is 1.29 bits per heavy atom. The fraction of sp³-hybridized carbons (Fsp3) is 0. The Kier molecular flexibility index (Phi) is 3.03. The summed E-state index contributed by atoms with van der Waals surface area (Å²) >= 11 is 0. The van der Waals surface area contributed by atoms with E-state index in [2.05, 4.69) is 20.5 Å². The number of rotatable bonds is 3. The predicted octanol–water partition coefficient (Wildman–Crippen LogP) is 0.723. The highest BCUT2D eigenvalue weighted by atomic mass is 16.2. The van der Waals surface area contributed by atoms with Crippen LogP contribution < -0.4 is 16.7 Å². The highest BCUT2D eigenvalue weighted by Gasteiger charge is 2.09. The molecule has 0 spiro atoms. The van der Waals surface area contributed by atoms with E-state index < -0.39 is 0 Å². The van der Waals surface area contributed by atoms with E-state index in [4.69, 9.17) is 5.73 Å². The maximum Gasteiger partial charge on any atom is 0.330 e. The molecule has 0 aliphatic rings. The lowest BCUT2D eigenvalue weighted by Crippen LogP contribution is -2.14. The lowest BCUT2D eigenvalue weighted by molar-refractivity contribution is 0.102. The van der Waals surface area contributed by atoms with Crippen LogP contribution in [0, 0.1) is 0 Å². The summed E-state index contributed by atoms with van der Waals surface area (Å²) in [6.07, 6.45) is 3.18. The van der Waals surface area contributed by atoms with Gasteiger partial charge in [0.25, 0.3) is 5.91 Å². The minimum Gasteiger partial charge on any atom is -0.382 e. The summed E-state index contributed by atoms with van der Waals surface area (Å²) in [6.45, 7) is 0. The van der Waals surface area contributed by atoms with Gasteiger partial charge in [-0.15, -0.1) is 0 Å². The molecule has 21 heavy (non-hydrogen) atoms. The number of amides is 1. The van der Waals surface area contributed by atoms with Crippen molar-refractivity contribution in [2.45, 2.75) is 0 Å². The highest BCUT2D eigenvalue weighted by molar-refractivity contribution is 6.03. The second kappa shape index (κ2) is 5.00. The predicted molar refractivity (Wildman–Crippen MR) is 77.3 cm³/mol. The van der Waals surface area contributed by atoms with Crippen LogP contribution in [0.15, 0.2) is 47.5 Å². The van der Waals surface area contributed by atoms with Gasteiger partial charge in [0, 0.05) is 24.1 Å². The van der Waals surface area contributed by atoms with Gasteiger partial charge in [-0.1, -0.05) is 0 Å². The van der Waals surface area contributed by atoms with Gasteiger partial charge in [0.15, 0.2) is 0 Å². The van der Waals surface area contributed by atoms with Crippen LogP contribution in [0.4, 0.5) is 11.5 Å². The van der Waals surface area contributed by atoms with Gasteiger partial charge in [-0.2, -0.15) is 5.10 Å². The molecule has 2 heterocycles. The van der Waals surface area contributed by atoms with E-state index in [0.717, 1.165) is 0 Å². The van der Waals surface area contributed by atoms with Crippen LogP contribution >= 0.6 is 0 Å². The molecule has 0 unspecified atom stereocenters.